The molecule has 7 heteroatoms. The van der Waals surface area contributed by atoms with E-state index in [-0.39, 0.29) is 16.8 Å². The predicted octanol–water partition coefficient (Wildman–Crippen LogP) is 4.00. The number of hydrogen-bond donors (Lipinski definition) is 1. The molecular formula is C19H23ClN2O3S. The van der Waals surface area contributed by atoms with E-state index >= 15 is 0 Å². The van der Waals surface area contributed by atoms with Crippen LogP contribution in [0.15, 0.2) is 47.4 Å². The highest BCUT2D eigenvalue weighted by molar-refractivity contribution is 7.92. The molecule has 0 saturated carbocycles. The molecule has 1 atom stereocenters. The predicted molar refractivity (Wildman–Crippen MR) is 105 cm³/mol. The molecule has 0 aliphatic rings. The number of anilines is 1. The highest BCUT2D eigenvalue weighted by Crippen LogP contribution is 2.26. The number of nitrogens with one attached hydrogen (secondary N) is 1. The number of benzene rings is 2. The Labute approximate surface area is 160 Å². The SMILES string of the molecule is CC[C@@H](C)NC(=O)c1ccc(N(C)S(=O)(=O)c2ccc(Cl)cc2)c(C)c1. The van der Waals surface area contributed by atoms with Crippen LogP contribution in [0.25, 0.3) is 0 Å². The fourth-order valence-electron chi connectivity index (χ4n) is 2.45. The fourth-order valence-corrected chi connectivity index (χ4v) is 3.84. The lowest BCUT2D eigenvalue weighted by Gasteiger charge is -2.22. The van der Waals surface area contributed by atoms with Crippen LogP contribution in [0.3, 0.4) is 0 Å². The molecule has 0 bridgehead atoms. The van der Waals surface area contributed by atoms with E-state index in [1.165, 1.54) is 35.6 Å². The molecule has 0 saturated heterocycles. The van der Waals surface area contributed by atoms with E-state index in [0.29, 0.717) is 21.8 Å². The van der Waals surface area contributed by atoms with Crippen molar-refractivity contribution in [2.75, 3.05) is 11.4 Å². The first kappa shape index (κ1) is 20.3. The van der Waals surface area contributed by atoms with Gasteiger partial charge in [-0.25, -0.2) is 8.42 Å². The molecule has 2 rings (SSSR count). The quantitative estimate of drug-likeness (QED) is 0.805. The Balaban J connectivity index is 2.31. The number of carbonyl (C=O) groups is 1. The van der Waals surface area contributed by atoms with Crippen LogP contribution in [0, 0.1) is 6.92 Å². The molecule has 2 aromatic rings. The molecule has 0 aliphatic carbocycles. The van der Waals surface area contributed by atoms with Crippen LogP contribution >= 0.6 is 11.6 Å². The molecule has 0 radical (unpaired) electrons. The van der Waals surface area contributed by atoms with E-state index in [1.54, 1.807) is 25.1 Å². The van der Waals surface area contributed by atoms with Gasteiger partial charge in [0.1, 0.15) is 0 Å². The third kappa shape index (κ3) is 4.37. The number of aryl methyl sites for hydroxylation is 1. The van der Waals surface area contributed by atoms with Crippen molar-refractivity contribution in [3.05, 3.63) is 58.6 Å². The van der Waals surface area contributed by atoms with Crippen molar-refractivity contribution in [3.8, 4) is 0 Å². The van der Waals surface area contributed by atoms with Gasteiger partial charge >= 0.3 is 0 Å². The zero-order valence-corrected chi connectivity index (χ0v) is 16.9. The lowest BCUT2D eigenvalue weighted by atomic mass is 10.1. The summed E-state index contributed by atoms with van der Waals surface area (Å²) in [5.41, 5.74) is 1.71. The van der Waals surface area contributed by atoms with E-state index in [9.17, 15) is 13.2 Å². The summed E-state index contributed by atoms with van der Waals surface area (Å²) < 4.78 is 26.8. The smallest absolute Gasteiger partial charge is 0.264 e. The summed E-state index contributed by atoms with van der Waals surface area (Å²) in [6.07, 6.45) is 0.838. The first-order valence-corrected chi connectivity index (χ1v) is 10.1. The van der Waals surface area contributed by atoms with Crippen molar-refractivity contribution in [1.82, 2.24) is 5.32 Å². The summed E-state index contributed by atoms with van der Waals surface area (Å²) in [4.78, 5) is 12.4. The summed E-state index contributed by atoms with van der Waals surface area (Å²) in [5, 5.41) is 3.37. The van der Waals surface area contributed by atoms with E-state index in [0.717, 1.165) is 6.42 Å². The summed E-state index contributed by atoms with van der Waals surface area (Å²) in [6.45, 7) is 5.71. The Morgan fingerprint density at radius 2 is 1.81 bits per heavy atom. The van der Waals surface area contributed by atoms with E-state index in [1.807, 2.05) is 13.8 Å². The van der Waals surface area contributed by atoms with Gasteiger partial charge in [-0.15, -0.1) is 0 Å². The molecule has 0 aliphatic heterocycles. The van der Waals surface area contributed by atoms with Crippen molar-refractivity contribution >= 4 is 33.2 Å². The minimum Gasteiger partial charge on any atom is -0.350 e. The highest BCUT2D eigenvalue weighted by atomic mass is 35.5. The molecule has 140 valence electrons. The second-order valence-corrected chi connectivity index (χ2v) is 8.62. The van der Waals surface area contributed by atoms with Gasteiger partial charge in [-0.1, -0.05) is 18.5 Å². The average molecular weight is 395 g/mol. The maximum atomic E-state index is 12.8. The standard InChI is InChI=1S/C19H23ClN2O3S/c1-5-14(3)21-19(23)15-6-11-18(13(2)12-15)22(4)26(24,25)17-9-7-16(20)8-10-17/h6-12,14H,5H2,1-4H3,(H,21,23)/t14-/m1/s1. The van der Waals surface area contributed by atoms with Gasteiger partial charge < -0.3 is 5.32 Å². The Bertz CT molecular complexity index is 896. The zero-order valence-electron chi connectivity index (χ0n) is 15.3. The number of nitrogens with zero attached hydrogens (tertiary/aromatic N) is 1. The molecule has 0 heterocycles. The molecular weight excluding hydrogens is 372 g/mol. The van der Waals surface area contributed by atoms with Crippen molar-refractivity contribution in [3.63, 3.8) is 0 Å². The Morgan fingerprint density at radius 1 is 1.19 bits per heavy atom. The molecule has 0 aromatic heterocycles. The number of sulfonamides is 1. The molecule has 1 amide bonds. The monoisotopic (exact) mass is 394 g/mol. The van der Waals surface area contributed by atoms with Gasteiger partial charge in [0.15, 0.2) is 0 Å². The second-order valence-electron chi connectivity index (χ2n) is 6.21. The number of rotatable bonds is 6. The van der Waals surface area contributed by atoms with Crippen LogP contribution < -0.4 is 9.62 Å². The topological polar surface area (TPSA) is 66.5 Å². The number of halogens is 1. The van der Waals surface area contributed by atoms with Crippen LogP contribution in [0.2, 0.25) is 5.02 Å². The lowest BCUT2D eigenvalue weighted by molar-refractivity contribution is 0.0939. The molecule has 0 spiro atoms. The molecule has 5 nitrogen and oxygen atoms in total. The Hall–Kier alpha value is -2.05. The summed E-state index contributed by atoms with van der Waals surface area (Å²) in [5.74, 6) is -0.169. The van der Waals surface area contributed by atoms with Gasteiger partial charge in [-0.3, -0.25) is 9.10 Å². The fraction of sp³-hybridized carbons (Fsp3) is 0.316. The summed E-state index contributed by atoms with van der Waals surface area (Å²) in [7, 11) is -2.22. The van der Waals surface area contributed by atoms with Crippen LogP contribution in [0.5, 0.6) is 0 Å². The maximum Gasteiger partial charge on any atom is 0.264 e. The van der Waals surface area contributed by atoms with Crippen molar-refractivity contribution < 1.29 is 13.2 Å². The maximum absolute atomic E-state index is 12.8. The van der Waals surface area contributed by atoms with Crippen LogP contribution in [0.4, 0.5) is 5.69 Å². The minimum absolute atomic E-state index is 0.0791. The molecule has 26 heavy (non-hydrogen) atoms. The van der Waals surface area contributed by atoms with E-state index in [2.05, 4.69) is 5.32 Å². The average Bonchev–Trinajstić information content (AvgIpc) is 2.61. The summed E-state index contributed by atoms with van der Waals surface area (Å²) >= 11 is 5.83. The van der Waals surface area contributed by atoms with Crippen LogP contribution in [-0.2, 0) is 10.0 Å². The second kappa shape index (κ2) is 8.10. The van der Waals surface area contributed by atoms with Crippen LogP contribution in [0.1, 0.15) is 36.2 Å². The number of carbonyl (C=O) groups excluding carboxylic acids is 1. The van der Waals surface area contributed by atoms with Crippen molar-refractivity contribution in [2.45, 2.75) is 38.1 Å². The Kier molecular flexibility index (Phi) is 6.31. The first-order valence-electron chi connectivity index (χ1n) is 8.32. The Morgan fingerprint density at radius 3 is 2.35 bits per heavy atom. The number of amides is 1. The van der Waals surface area contributed by atoms with Crippen molar-refractivity contribution in [1.29, 1.82) is 0 Å². The van der Waals surface area contributed by atoms with Gasteiger partial charge in [-0.2, -0.15) is 0 Å². The first-order chi connectivity index (χ1) is 12.2. The van der Waals surface area contributed by atoms with Crippen LogP contribution in [-0.4, -0.2) is 27.4 Å². The lowest BCUT2D eigenvalue weighted by Crippen LogP contribution is -2.32. The van der Waals surface area contributed by atoms with Crippen molar-refractivity contribution in [2.24, 2.45) is 0 Å². The highest BCUT2D eigenvalue weighted by Gasteiger charge is 2.23. The normalized spacial score (nSPS) is 12.5. The zero-order chi connectivity index (χ0) is 19.5. The van der Waals surface area contributed by atoms with E-state index in [4.69, 9.17) is 11.6 Å². The van der Waals surface area contributed by atoms with Gasteiger partial charge in [0.2, 0.25) is 0 Å². The third-order valence-electron chi connectivity index (χ3n) is 4.26. The van der Waals surface area contributed by atoms with E-state index < -0.39 is 10.0 Å². The largest absolute Gasteiger partial charge is 0.350 e. The van der Waals surface area contributed by atoms with Gasteiger partial charge in [0.25, 0.3) is 15.9 Å². The number of hydrogen-bond acceptors (Lipinski definition) is 3. The van der Waals surface area contributed by atoms with Gasteiger partial charge in [0, 0.05) is 23.7 Å². The molecule has 1 N–H and O–H groups in total. The molecule has 0 fully saturated rings. The minimum atomic E-state index is -3.71. The summed E-state index contributed by atoms with van der Waals surface area (Å²) in [6, 6.07) is 11.1. The third-order valence-corrected chi connectivity index (χ3v) is 6.30. The molecule has 2 aromatic carbocycles. The van der Waals surface area contributed by atoms with Gasteiger partial charge in [0.05, 0.1) is 10.6 Å². The van der Waals surface area contributed by atoms with Gasteiger partial charge in [-0.05, 0) is 68.3 Å². The molecule has 0 unspecified atom stereocenters.